The Kier molecular flexibility index (Phi) is 6.57. The minimum Gasteiger partial charge on any atom is -0.379 e. The van der Waals surface area contributed by atoms with E-state index in [0.29, 0.717) is 11.5 Å². The molecule has 0 aromatic rings. The van der Waals surface area contributed by atoms with Crippen LogP contribution in [0.1, 0.15) is 60.8 Å². The van der Waals surface area contributed by atoms with Crippen molar-refractivity contribution in [3.63, 3.8) is 0 Å². The molecule has 2 nitrogen and oxygen atoms in total. The molecule has 0 spiro atoms. The second-order valence-corrected chi connectivity index (χ2v) is 6.29. The SMILES string of the molecule is CCNC(C)CC(C)(C)CCC(C)(C)OC. The maximum absolute atomic E-state index is 5.47. The molecule has 16 heavy (non-hydrogen) atoms. The minimum atomic E-state index is 0.0126. The van der Waals surface area contributed by atoms with E-state index in [1.807, 2.05) is 0 Å². The van der Waals surface area contributed by atoms with Crippen molar-refractivity contribution < 1.29 is 4.74 Å². The van der Waals surface area contributed by atoms with Gasteiger partial charge in [-0.2, -0.15) is 0 Å². The van der Waals surface area contributed by atoms with Crippen LogP contribution in [0.4, 0.5) is 0 Å². The lowest BCUT2D eigenvalue weighted by molar-refractivity contribution is 0.00471. The van der Waals surface area contributed by atoms with Gasteiger partial charge in [-0.25, -0.2) is 0 Å². The smallest absolute Gasteiger partial charge is 0.0623 e. The summed E-state index contributed by atoms with van der Waals surface area (Å²) in [5.74, 6) is 0. The van der Waals surface area contributed by atoms with Crippen LogP contribution in [-0.4, -0.2) is 25.3 Å². The molecule has 0 aromatic heterocycles. The van der Waals surface area contributed by atoms with Crippen molar-refractivity contribution in [2.45, 2.75) is 72.4 Å². The highest BCUT2D eigenvalue weighted by Gasteiger charge is 2.25. The first-order chi connectivity index (χ1) is 7.22. The van der Waals surface area contributed by atoms with Gasteiger partial charge < -0.3 is 10.1 Å². The molecule has 0 heterocycles. The third-order valence-corrected chi connectivity index (χ3v) is 3.37. The van der Waals surface area contributed by atoms with Crippen LogP contribution in [-0.2, 0) is 4.74 Å². The summed E-state index contributed by atoms with van der Waals surface area (Å²) < 4.78 is 5.47. The Hall–Kier alpha value is -0.0800. The Bertz CT molecular complexity index is 187. The molecule has 0 aliphatic carbocycles. The highest BCUT2D eigenvalue weighted by molar-refractivity contribution is 4.79. The fourth-order valence-electron chi connectivity index (χ4n) is 2.09. The van der Waals surface area contributed by atoms with E-state index in [2.05, 4.69) is 46.9 Å². The maximum atomic E-state index is 5.47. The van der Waals surface area contributed by atoms with E-state index in [0.717, 1.165) is 13.0 Å². The molecule has 1 unspecified atom stereocenters. The molecule has 2 heteroatoms. The molecule has 0 fully saturated rings. The van der Waals surface area contributed by atoms with Gasteiger partial charge in [-0.15, -0.1) is 0 Å². The third-order valence-electron chi connectivity index (χ3n) is 3.37. The van der Waals surface area contributed by atoms with E-state index < -0.39 is 0 Å². The van der Waals surface area contributed by atoms with Crippen LogP contribution >= 0.6 is 0 Å². The average Bonchev–Trinajstić information content (AvgIpc) is 2.15. The molecule has 0 aliphatic heterocycles. The molecule has 0 aliphatic rings. The topological polar surface area (TPSA) is 21.3 Å². The molecule has 1 N–H and O–H groups in total. The first-order valence-corrected chi connectivity index (χ1v) is 6.51. The van der Waals surface area contributed by atoms with Crippen molar-refractivity contribution in [1.29, 1.82) is 0 Å². The molecule has 0 radical (unpaired) electrons. The second-order valence-electron chi connectivity index (χ2n) is 6.29. The lowest BCUT2D eigenvalue weighted by Crippen LogP contribution is -2.32. The van der Waals surface area contributed by atoms with Crippen molar-refractivity contribution >= 4 is 0 Å². The van der Waals surface area contributed by atoms with Crippen LogP contribution in [0.3, 0.4) is 0 Å². The molecule has 0 aromatic carbocycles. The molecule has 98 valence electrons. The van der Waals surface area contributed by atoms with Crippen LogP contribution in [0.25, 0.3) is 0 Å². The summed E-state index contributed by atoms with van der Waals surface area (Å²) in [5.41, 5.74) is 0.399. The van der Waals surface area contributed by atoms with Gasteiger partial charge in [0.1, 0.15) is 0 Å². The Balaban J connectivity index is 4.04. The second kappa shape index (κ2) is 6.61. The van der Waals surface area contributed by atoms with Crippen molar-refractivity contribution in [3.05, 3.63) is 0 Å². The predicted molar refractivity (Wildman–Crippen MR) is 71.9 cm³/mol. The monoisotopic (exact) mass is 229 g/mol. The van der Waals surface area contributed by atoms with Gasteiger partial charge in [0.05, 0.1) is 5.60 Å². The van der Waals surface area contributed by atoms with Crippen LogP contribution < -0.4 is 5.32 Å². The van der Waals surface area contributed by atoms with Crippen molar-refractivity contribution in [2.75, 3.05) is 13.7 Å². The van der Waals surface area contributed by atoms with Gasteiger partial charge in [0, 0.05) is 13.2 Å². The van der Waals surface area contributed by atoms with Gasteiger partial charge in [-0.1, -0.05) is 20.8 Å². The van der Waals surface area contributed by atoms with E-state index >= 15 is 0 Å². The fourth-order valence-corrected chi connectivity index (χ4v) is 2.09. The average molecular weight is 229 g/mol. The van der Waals surface area contributed by atoms with Gasteiger partial charge in [0.25, 0.3) is 0 Å². The number of methoxy groups -OCH3 is 1. The van der Waals surface area contributed by atoms with Gasteiger partial charge in [0.15, 0.2) is 0 Å². The van der Waals surface area contributed by atoms with Gasteiger partial charge in [-0.05, 0) is 52.0 Å². The molecule has 0 amide bonds. The number of ether oxygens (including phenoxy) is 1. The van der Waals surface area contributed by atoms with E-state index in [1.54, 1.807) is 7.11 Å². The molecular formula is C14H31NO. The van der Waals surface area contributed by atoms with E-state index in [4.69, 9.17) is 4.74 Å². The summed E-state index contributed by atoms with van der Waals surface area (Å²) in [4.78, 5) is 0. The predicted octanol–water partition coefficient (Wildman–Crippen LogP) is 3.61. The van der Waals surface area contributed by atoms with Crippen molar-refractivity contribution in [3.8, 4) is 0 Å². The Labute approximate surface area is 102 Å². The van der Waals surface area contributed by atoms with Gasteiger partial charge >= 0.3 is 0 Å². The normalized spacial score (nSPS) is 15.2. The Morgan fingerprint density at radius 1 is 1.12 bits per heavy atom. The molecular weight excluding hydrogens is 198 g/mol. The fraction of sp³-hybridized carbons (Fsp3) is 1.00. The standard InChI is InChI=1S/C14H31NO/c1-8-15-12(2)11-13(3,4)9-10-14(5,6)16-7/h12,15H,8-11H2,1-7H3. The zero-order valence-electron chi connectivity index (χ0n) is 12.3. The number of hydrogen-bond donors (Lipinski definition) is 1. The van der Waals surface area contributed by atoms with Gasteiger partial charge in [-0.3, -0.25) is 0 Å². The third kappa shape index (κ3) is 7.24. The number of nitrogens with one attached hydrogen (secondary N) is 1. The summed E-state index contributed by atoms with van der Waals surface area (Å²) in [7, 11) is 1.80. The van der Waals surface area contributed by atoms with E-state index in [1.165, 1.54) is 12.8 Å². The van der Waals surface area contributed by atoms with E-state index in [-0.39, 0.29) is 5.60 Å². The first kappa shape index (κ1) is 15.9. The summed E-state index contributed by atoms with van der Waals surface area (Å²) in [6, 6.07) is 0.602. The van der Waals surface area contributed by atoms with E-state index in [9.17, 15) is 0 Å². The van der Waals surface area contributed by atoms with Gasteiger partial charge in [0.2, 0.25) is 0 Å². The Morgan fingerprint density at radius 2 is 1.69 bits per heavy atom. The molecule has 1 atom stereocenters. The quantitative estimate of drug-likeness (QED) is 0.686. The lowest BCUT2D eigenvalue weighted by Gasteiger charge is -2.32. The Morgan fingerprint density at radius 3 is 2.12 bits per heavy atom. The van der Waals surface area contributed by atoms with Crippen molar-refractivity contribution in [2.24, 2.45) is 5.41 Å². The zero-order valence-corrected chi connectivity index (χ0v) is 12.3. The van der Waals surface area contributed by atoms with Crippen LogP contribution in [0.15, 0.2) is 0 Å². The maximum Gasteiger partial charge on any atom is 0.0623 e. The van der Waals surface area contributed by atoms with Crippen LogP contribution in [0, 0.1) is 5.41 Å². The van der Waals surface area contributed by atoms with Crippen LogP contribution in [0.5, 0.6) is 0 Å². The van der Waals surface area contributed by atoms with Crippen LogP contribution in [0.2, 0.25) is 0 Å². The molecule has 0 saturated heterocycles. The summed E-state index contributed by atoms with van der Waals surface area (Å²) in [6.07, 6.45) is 3.56. The largest absolute Gasteiger partial charge is 0.379 e. The first-order valence-electron chi connectivity index (χ1n) is 6.51. The zero-order chi connectivity index (χ0) is 12.8. The molecule has 0 rings (SSSR count). The molecule has 0 bridgehead atoms. The summed E-state index contributed by atoms with van der Waals surface area (Å²) >= 11 is 0. The summed E-state index contributed by atoms with van der Waals surface area (Å²) in [5, 5.41) is 3.48. The molecule has 0 saturated carbocycles. The summed E-state index contributed by atoms with van der Waals surface area (Å²) in [6.45, 7) is 14.5. The number of hydrogen-bond acceptors (Lipinski definition) is 2. The number of rotatable bonds is 8. The highest BCUT2D eigenvalue weighted by Crippen LogP contribution is 2.31. The minimum absolute atomic E-state index is 0.0126. The lowest BCUT2D eigenvalue weighted by atomic mass is 9.79. The van der Waals surface area contributed by atoms with Crippen molar-refractivity contribution in [1.82, 2.24) is 5.32 Å². The highest BCUT2D eigenvalue weighted by atomic mass is 16.5.